The molecule has 0 fully saturated rings. The second-order valence-corrected chi connectivity index (χ2v) is 9.51. The van der Waals surface area contributed by atoms with Crippen LogP contribution in [-0.4, -0.2) is 20.1 Å². The summed E-state index contributed by atoms with van der Waals surface area (Å²) in [5.41, 5.74) is 5.10. The van der Waals surface area contributed by atoms with Crippen LogP contribution < -0.4 is 4.74 Å². The van der Waals surface area contributed by atoms with Crippen molar-refractivity contribution in [2.24, 2.45) is 7.05 Å². The molecular formula is C26H25NO3S. The first-order chi connectivity index (χ1) is 14.8. The first kappa shape index (κ1) is 20.9. The molecule has 0 bridgehead atoms. The number of aromatic nitrogens is 1. The fourth-order valence-corrected chi connectivity index (χ4v) is 5.78. The van der Waals surface area contributed by atoms with Crippen molar-refractivity contribution in [3.05, 3.63) is 90.0 Å². The van der Waals surface area contributed by atoms with E-state index in [1.54, 1.807) is 19.2 Å². The minimum absolute atomic E-state index is 0.293. The number of sulfone groups is 1. The van der Waals surface area contributed by atoms with Gasteiger partial charge in [-0.1, -0.05) is 48.0 Å². The van der Waals surface area contributed by atoms with Gasteiger partial charge in [-0.3, -0.25) is 0 Å². The summed E-state index contributed by atoms with van der Waals surface area (Å²) in [6, 6.07) is 24.4. The zero-order chi connectivity index (χ0) is 22.2. The Bertz CT molecular complexity index is 1320. The molecule has 158 valence electrons. The van der Waals surface area contributed by atoms with Gasteiger partial charge in [-0.2, -0.15) is 0 Å². The first-order valence-electron chi connectivity index (χ1n) is 10.1. The lowest BCUT2D eigenvalue weighted by molar-refractivity contribution is 0.415. The largest absolute Gasteiger partial charge is 0.497 e. The van der Waals surface area contributed by atoms with Crippen LogP contribution in [-0.2, 0) is 16.9 Å². The van der Waals surface area contributed by atoms with Crippen molar-refractivity contribution in [1.82, 2.24) is 4.57 Å². The zero-order valence-corrected chi connectivity index (χ0v) is 18.9. The van der Waals surface area contributed by atoms with Crippen molar-refractivity contribution in [1.29, 1.82) is 0 Å². The van der Waals surface area contributed by atoms with E-state index in [1.807, 2.05) is 92.2 Å². The van der Waals surface area contributed by atoms with Gasteiger partial charge < -0.3 is 9.30 Å². The standard InChI is InChI=1S/C26H25NO3S/c1-18-10-16-23(17-11-18)31(28,29)26-19(2)24(20-8-6-5-7-9-20)27(3)25(26)21-12-14-22(30-4)15-13-21/h5-17H,1-4H3. The van der Waals surface area contributed by atoms with E-state index in [4.69, 9.17) is 4.74 Å². The van der Waals surface area contributed by atoms with Gasteiger partial charge >= 0.3 is 0 Å². The highest BCUT2D eigenvalue weighted by atomic mass is 32.2. The third kappa shape index (κ3) is 3.66. The maximum atomic E-state index is 13.8. The average Bonchev–Trinajstić information content (AvgIpc) is 3.05. The minimum atomic E-state index is -3.74. The highest BCUT2D eigenvalue weighted by Crippen LogP contribution is 2.41. The van der Waals surface area contributed by atoms with Crippen molar-refractivity contribution in [2.75, 3.05) is 7.11 Å². The summed E-state index contributed by atoms with van der Waals surface area (Å²) in [5.74, 6) is 0.723. The van der Waals surface area contributed by atoms with Gasteiger partial charge in [-0.05, 0) is 66.9 Å². The molecule has 0 atom stereocenters. The topological polar surface area (TPSA) is 48.3 Å². The molecule has 1 heterocycles. The van der Waals surface area contributed by atoms with Gasteiger partial charge in [0.15, 0.2) is 0 Å². The van der Waals surface area contributed by atoms with Gasteiger partial charge in [-0.15, -0.1) is 0 Å². The third-order valence-corrected chi connectivity index (χ3v) is 7.52. The Labute approximate surface area is 183 Å². The van der Waals surface area contributed by atoms with Crippen LogP contribution in [0.2, 0.25) is 0 Å². The molecule has 31 heavy (non-hydrogen) atoms. The molecule has 1 aromatic heterocycles. The predicted molar refractivity (Wildman–Crippen MR) is 124 cm³/mol. The normalized spacial score (nSPS) is 11.5. The first-order valence-corrected chi connectivity index (χ1v) is 11.5. The molecule has 0 saturated heterocycles. The fourth-order valence-electron chi connectivity index (χ4n) is 4.04. The number of benzene rings is 3. The number of rotatable bonds is 5. The number of nitrogens with zero attached hydrogens (tertiary/aromatic N) is 1. The molecule has 0 saturated carbocycles. The van der Waals surface area contributed by atoms with Crippen molar-refractivity contribution >= 4 is 9.84 Å². The van der Waals surface area contributed by atoms with E-state index < -0.39 is 9.84 Å². The Morgan fingerprint density at radius 2 is 1.32 bits per heavy atom. The minimum Gasteiger partial charge on any atom is -0.497 e. The van der Waals surface area contributed by atoms with E-state index in [1.165, 1.54) is 0 Å². The summed E-state index contributed by atoms with van der Waals surface area (Å²) in [4.78, 5) is 0.629. The fraction of sp³-hybridized carbons (Fsp3) is 0.154. The third-order valence-electron chi connectivity index (χ3n) is 5.59. The molecule has 0 aliphatic rings. The summed E-state index contributed by atoms with van der Waals surface area (Å²) >= 11 is 0. The Balaban J connectivity index is 2.04. The number of methoxy groups -OCH3 is 1. The van der Waals surface area contributed by atoms with Crippen LogP contribution in [0.5, 0.6) is 5.75 Å². The van der Waals surface area contributed by atoms with Gasteiger partial charge in [-0.25, -0.2) is 8.42 Å². The SMILES string of the molecule is COc1ccc(-c2c(S(=O)(=O)c3ccc(C)cc3)c(C)c(-c3ccccc3)n2C)cc1. The van der Waals surface area contributed by atoms with E-state index in [2.05, 4.69) is 0 Å². The summed E-state index contributed by atoms with van der Waals surface area (Å²) in [6.07, 6.45) is 0. The number of hydrogen-bond acceptors (Lipinski definition) is 3. The second-order valence-electron chi connectivity index (χ2n) is 7.62. The van der Waals surface area contributed by atoms with Gasteiger partial charge in [0.2, 0.25) is 9.84 Å². The number of hydrogen-bond donors (Lipinski definition) is 0. The molecule has 4 rings (SSSR count). The molecule has 4 nitrogen and oxygen atoms in total. The lowest BCUT2D eigenvalue weighted by Crippen LogP contribution is -2.05. The Morgan fingerprint density at radius 3 is 1.90 bits per heavy atom. The quantitative estimate of drug-likeness (QED) is 0.400. The van der Waals surface area contributed by atoms with E-state index in [0.29, 0.717) is 15.5 Å². The molecule has 0 aliphatic carbocycles. The molecule has 0 radical (unpaired) electrons. The van der Waals surface area contributed by atoms with Crippen molar-refractivity contribution in [3.8, 4) is 28.3 Å². The molecular weight excluding hydrogens is 406 g/mol. The highest BCUT2D eigenvalue weighted by molar-refractivity contribution is 7.91. The Hall–Kier alpha value is -3.31. The smallest absolute Gasteiger partial charge is 0.209 e. The van der Waals surface area contributed by atoms with Crippen LogP contribution in [0.4, 0.5) is 0 Å². The van der Waals surface area contributed by atoms with Crippen LogP contribution in [0.1, 0.15) is 11.1 Å². The molecule has 4 aromatic rings. The monoisotopic (exact) mass is 431 g/mol. The molecule has 0 aliphatic heterocycles. The molecule has 5 heteroatoms. The number of aryl methyl sites for hydroxylation is 1. The molecule has 0 amide bonds. The highest BCUT2D eigenvalue weighted by Gasteiger charge is 2.30. The Kier molecular flexibility index (Phi) is 5.46. The maximum absolute atomic E-state index is 13.8. The summed E-state index contributed by atoms with van der Waals surface area (Å²) in [6.45, 7) is 3.83. The van der Waals surface area contributed by atoms with E-state index in [9.17, 15) is 8.42 Å². The van der Waals surface area contributed by atoms with Gasteiger partial charge in [0.25, 0.3) is 0 Å². The molecule has 0 N–H and O–H groups in total. The summed E-state index contributed by atoms with van der Waals surface area (Å²) in [7, 11) is -0.209. The lowest BCUT2D eigenvalue weighted by atomic mass is 10.1. The predicted octanol–water partition coefficient (Wildman–Crippen LogP) is 5.82. The van der Waals surface area contributed by atoms with Crippen LogP contribution in [0.3, 0.4) is 0 Å². The Morgan fingerprint density at radius 1 is 0.742 bits per heavy atom. The second kappa shape index (κ2) is 8.08. The van der Waals surface area contributed by atoms with Crippen molar-refractivity contribution in [2.45, 2.75) is 23.6 Å². The van der Waals surface area contributed by atoms with Crippen LogP contribution in [0, 0.1) is 13.8 Å². The van der Waals surface area contributed by atoms with Crippen LogP contribution in [0.25, 0.3) is 22.5 Å². The molecule has 0 unspecified atom stereocenters. The van der Waals surface area contributed by atoms with Gasteiger partial charge in [0.1, 0.15) is 10.6 Å². The lowest BCUT2D eigenvalue weighted by Gasteiger charge is -2.11. The van der Waals surface area contributed by atoms with Crippen LogP contribution >= 0.6 is 0 Å². The zero-order valence-electron chi connectivity index (χ0n) is 18.1. The van der Waals surface area contributed by atoms with Crippen LogP contribution in [0.15, 0.2) is 88.7 Å². The van der Waals surface area contributed by atoms with E-state index in [0.717, 1.165) is 33.7 Å². The van der Waals surface area contributed by atoms with Crippen molar-refractivity contribution < 1.29 is 13.2 Å². The maximum Gasteiger partial charge on any atom is 0.209 e. The van der Waals surface area contributed by atoms with Gasteiger partial charge in [0, 0.05) is 7.05 Å². The average molecular weight is 432 g/mol. The van der Waals surface area contributed by atoms with Gasteiger partial charge in [0.05, 0.1) is 23.4 Å². The molecule has 0 spiro atoms. The summed E-state index contributed by atoms with van der Waals surface area (Å²) < 4.78 is 35.0. The van der Waals surface area contributed by atoms with E-state index >= 15 is 0 Å². The summed E-state index contributed by atoms with van der Waals surface area (Å²) in [5, 5.41) is 0. The van der Waals surface area contributed by atoms with E-state index in [-0.39, 0.29) is 0 Å². The number of ether oxygens (including phenoxy) is 1. The molecule has 3 aromatic carbocycles. The van der Waals surface area contributed by atoms with Crippen molar-refractivity contribution in [3.63, 3.8) is 0 Å².